The Morgan fingerprint density at radius 3 is 2.35 bits per heavy atom. The third-order valence-corrected chi connectivity index (χ3v) is 2.13. The molecule has 0 aliphatic carbocycles. The van der Waals surface area contributed by atoms with Crippen LogP contribution in [0.3, 0.4) is 0 Å². The van der Waals surface area contributed by atoms with Crippen LogP contribution in [0.4, 0.5) is 0 Å². The van der Waals surface area contributed by atoms with Gasteiger partial charge in [0.25, 0.3) is 0 Å². The summed E-state index contributed by atoms with van der Waals surface area (Å²) < 4.78 is 14.5. The number of esters is 2. The van der Waals surface area contributed by atoms with Crippen LogP contribution in [0.1, 0.15) is 10.4 Å². The van der Waals surface area contributed by atoms with Gasteiger partial charge < -0.3 is 14.2 Å². The van der Waals surface area contributed by atoms with E-state index in [9.17, 15) is 14.4 Å². The number of ether oxygens (including phenoxy) is 3. The third kappa shape index (κ3) is 5.81. The Morgan fingerprint density at radius 1 is 1.10 bits per heavy atom. The minimum absolute atomic E-state index is 0.0371. The van der Waals surface area contributed by atoms with Crippen molar-refractivity contribution in [1.82, 2.24) is 0 Å². The molecule has 0 radical (unpaired) electrons. The summed E-state index contributed by atoms with van der Waals surface area (Å²) in [5.74, 6) is -0.711. The highest BCUT2D eigenvalue weighted by atomic mass is 16.6. The lowest BCUT2D eigenvalue weighted by atomic mass is 10.2. The summed E-state index contributed by atoms with van der Waals surface area (Å²) in [4.78, 5) is 32.4. The summed E-state index contributed by atoms with van der Waals surface area (Å²) >= 11 is 0. The zero-order valence-electron chi connectivity index (χ0n) is 10.7. The Labute approximate surface area is 115 Å². The standard InChI is InChI=1S/C14H14O6/c1-2-13(16)18-7-8-19-14(17)10-20-12-5-3-11(9-15)4-6-12/h2-6,9H,1,7-8,10H2. The van der Waals surface area contributed by atoms with Crippen molar-refractivity contribution >= 4 is 18.2 Å². The Kier molecular flexibility index (Phi) is 6.53. The molecule has 0 amide bonds. The first-order valence-electron chi connectivity index (χ1n) is 5.78. The minimum Gasteiger partial charge on any atom is -0.482 e. The predicted molar refractivity (Wildman–Crippen MR) is 69.4 cm³/mol. The van der Waals surface area contributed by atoms with Crippen molar-refractivity contribution < 1.29 is 28.6 Å². The van der Waals surface area contributed by atoms with Crippen LogP contribution in [-0.4, -0.2) is 38.0 Å². The van der Waals surface area contributed by atoms with E-state index in [1.54, 1.807) is 24.3 Å². The van der Waals surface area contributed by atoms with Crippen molar-refractivity contribution in [3.8, 4) is 5.75 Å². The molecule has 0 N–H and O–H groups in total. The fraction of sp³-hybridized carbons (Fsp3) is 0.214. The average Bonchev–Trinajstić information content (AvgIpc) is 2.49. The Balaban J connectivity index is 2.20. The second-order valence-electron chi connectivity index (χ2n) is 3.57. The first-order chi connectivity index (χ1) is 9.65. The molecule has 0 spiro atoms. The highest BCUT2D eigenvalue weighted by molar-refractivity contribution is 5.81. The lowest BCUT2D eigenvalue weighted by molar-refractivity contribution is -0.151. The molecule has 0 aromatic heterocycles. The molecule has 1 aromatic rings. The van der Waals surface area contributed by atoms with E-state index >= 15 is 0 Å². The van der Waals surface area contributed by atoms with Gasteiger partial charge in [-0.25, -0.2) is 9.59 Å². The maximum absolute atomic E-state index is 11.3. The summed E-state index contributed by atoms with van der Waals surface area (Å²) in [6.45, 7) is 2.87. The van der Waals surface area contributed by atoms with Gasteiger partial charge in [-0.15, -0.1) is 0 Å². The van der Waals surface area contributed by atoms with E-state index < -0.39 is 11.9 Å². The summed E-state index contributed by atoms with van der Waals surface area (Å²) in [6, 6.07) is 6.29. The van der Waals surface area contributed by atoms with Crippen molar-refractivity contribution in [3.05, 3.63) is 42.5 Å². The normalized spacial score (nSPS) is 9.40. The monoisotopic (exact) mass is 278 g/mol. The first-order valence-corrected chi connectivity index (χ1v) is 5.78. The van der Waals surface area contributed by atoms with Gasteiger partial charge in [-0.3, -0.25) is 4.79 Å². The topological polar surface area (TPSA) is 78.9 Å². The number of carbonyl (C=O) groups excluding carboxylic acids is 3. The molecule has 1 rings (SSSR count). The molecule has 0 bridgehead atoms. The van der Waals surface area contributed by atoms with Gasteiger partial charge in [-0.2, -0.15) is 0 Å². The van der Waals surface area contributed by atoms with Crippen LogP contribution in [0.2, 0.25) is 0 Å². The zero-order chi connectivity index (χ0) is 14.8. The molecule has 0 saturated carbocycles. The van der Waals surface area contributed by atoms with Crippen LogP contribution in [0, 0.1) is 0 Å². The number of carbonyl (C=O) groups is 3. The summed E-state index contributed by atoms with van der Waals surface area (Å²) in [6.07, 6.45) is 1.73. The number of hydrogen-bond donors (Lipinski definition) is 0. The van der Waals surface area contributed by atoms with Gasteiger partial charge in [0.1, 0.15) is 25.2 Å². The van der Waals surface area contributed by atoms with Crippen LogP contribution in [0.15, 0.2) is 36.9 Å². The highest BCUT2D eigenvalue weighted by Gasteiger charge is 2.05. The number of rotatable bonds is 8. The molecule has 0 atom stereocenters. The van der Waals surface area contributed by atoms with Gasteiger partial charge in [0.15, 0.2) is 6.61 Å². The molecule has 1 aromatic carbocycles. The zero-order valence-corrected chi connectivity index (χ0v) is 10.7. The van der Waals surface area contributed by atoms with Crippen molar-refractivity contribution in [3.63, 3.8) is 0 Å². The smallest absolute Gasteiger partial charge is 0.344 e. The summed E-state index contributed by atoms with van der Waals surface area (Å²) in [7, 11) is 0. The Bertz CT molecular complexity index is 477. The van der Waals surface area contributed by atoms with Crippen LogP contribution in [0.5, 0.6) is 5.75 Å². The SMILES string of the molecule is C=CC(=O)OCCOC(=O)COc1ccc(C=O)cc1. The first kappa shape index (κ1) is 15.4. The largest absolute Gasteiger partial charge is 0.482 e. The molecule has 0 fully saturated rings. The molecule has 0 heterocycles. The molecule has 20 heavy (non-hydrogen) atoms. The quantitative estimate of drug-likeness (QED) is 0.307. The van der Waals surface area contributed by atoms with Gasteiger partial charge in [-0.05, 0) is 24.3 Å². The predicted octanol–water partition coefficient (Wildman–Crippen LogP) is 1.15. The molecule has 0 unspecified atom stereocenters. The van der Waals surface area contributed by atoms with Crippen molar-refractivity contribution in [2.24, 2.45) is 0 Å². The highest BCUT2D eigenvalue weighted by Crippen LogP contribution is 2.10. The number of benzene rings is 1. The van der Waals surface area contributed by atoms with E-state index in [-0.39, 0.29) is 19.8 Å². The minimum atomic E-state index is -0.584. The maximum Gasteiger partial charge on any atom is 0.344 e. The van der Waals surface area contributed by atoms with Crippen molar-refractivity contribution in [2.75, 3.05) is 19.8 Å². The third-order valence-electron chi connectivity index (χ3n) is 2.13. The van der Waals surface area contributed by atoms with E-state index in [0.717, 1.165) is 6.08 Å². The Morgan fingerprint density at radius 2 is 1.75 bits per heavy atom. The van der Waals surface area contributed by atoms with E-state index in [1.807, 2.05) is 0 Å². The van der Waals surface area contributed by atoms with Gasteiger partial charge >= 0.3 is 11.9 Å². The number of aldehydes is 1. The molecular weight excluding hydrogens is 264 g/mol. The Hall–Kier alpha value is -2.63. The van der Waals surface area contributed by atoms with Crippen LogP contribution < -0.4 is 4.74 Å². The molecule has 0 aliphatic rings. The van der Waals surface area contributed by atoms with Crippen molar-refractivity contribution in [1.29, 1.82) is 0 Å². The van der Waals surface area contributed by atoms with Gasteiger partial charge in [0.2, 0.25) is 0 Å². The van der Waals surface area contributed by atoms with Crippen LogP contribution in [0.25, 0.3) is 0 Å². The van der Waals surface area contributed by atoms with E-state index in [2.05, 4.69) is 11.3 Å². The fourth-order valence-corrected chi connectivity index (χ4v) is 1.18. The van der Waals surface area contributed by atoms with Gasteiger partial charge in [0, 0.05) is 11.6 Å². The molecule has 0 aliphatic heterocycles. The maximum atomic E-state index is 11.3. The fourth-order valence-electron chi connectivity index (χ4n) is 1.18. The lowest BCUT2D eigenvalue weighted by Crippen LogP contribution is -2.18. The molecular formula is C14H14O6. The van der Waals surface area contributed by atoms with Crippen LogP contribution in [-0.2, 0) is 19.1 Å². The van der Waals surface area contributed by atoms with Gasteiger partial charge in [-0.1, -0.05) is 6.58 Å². The van der Waals surface area contributed by atoms with Crippen molar-refractivity contribution in [2.45, 2.75) is 0 Å². The second kappa shape index (κ2) is 8.47. The molecule has 6 nitrogen and oxygen atoms in total. The number of hydrogen-bond acceptors (Lipinski definition) is 6. The van der Waals surface area contributed by atoms with E-state index in [0.29, 0.717) is 17.6 Å². The van der Waals surface area contributed by atoms with Gasteiger partial charge in [0.05, 0.1) is 0 Å². The molecule has 106 valence electrons. The summed E-state index contributed by atoms with van der Waals surface area (Å²) in [5.41, 5.74) is 0.518. The lowest BCUT2D eigenvalue weighted by Gasteiger charge is -2.07. The molecule has 6 heteroatoms. The van der Waals surface area contributed by atoms with Crippen LogP contribution >= 0.6 is 0 Å². The van der Waals surface area contributed by atoms with E-state index in [1.165, 1.54) is 0 Å². The van der Waals surface area contributed by atoms with E-state index in [4.69, 9.17) is 9.47 Å². The molecule has 0 saturated heterocycles. The average molecular weight is 278 g/mol. The second-order valence-corrected chi connectivity index (χ2v) is 3.57. The summed E-state index contributed by atoms with van der Waals surface area (Å²) in [5, 5.41) is 0.